The topological polar surface area (TPSA) is 158 Å². The van der Waals surface area contributed by atoms with E-state index < -0.39 is 20.2 Å². The lowest BCUT2D eigenvalue weighted by molar-refractivity contribution is 0.559. The van der Waals surface area contributed by atoms with Crippen molar-refractivity contribution in [2.24, 2.45) is 11.5 Å². The Bertz CT molecular complexity index is 1180. The van der Waals surface area contributed by atoms with E-state index in [4.69, 9.17) is 21.8 Å². The zero-order valence-corrected chi connectivity index (χ0v) is 22.5. The summed E-state index contributed by atoms with van der Waals surface area (Å²) in [5.41, 5.74) is 12.7. The van der Waals surface area contributed by atoms with Crippen molar-refractivity contribution in [1.82, 2.24) is 0 Å². The van der Waals surface area contributed by atoms with Crippen LogP contribution in [0.4, 0.5) is 0 Å². The van der Waals surface area contributed by atoms with Gasteiger partial charge in [0.1, 0.15) is 0 Å². The van der Waals surface area contributed by atoms with E-state index in [0.717, 1.165) is 35.1 Å². The lowest BCUT2D eigenvalue weighted by Gasteiger charge is -2.11. The van der Waals surface area contributed by atoms with E-state index >= 15 is 0 Å². The molecule has 0 fully saturated rings. The predicted molar refractivity (Wildman–Crippen MR) is 156 cm³/mol. The van der Waals surface area contributed by atoms with Gasteiger partial charge in [-0.3, -0.25) is 0 Å². The number of halogens is 1. The zero-order valence-electron chi connectivity index (χ0n) is 18.5. The maximum atomic E-state index is 12.2. The fraction of sp³-hybridized carbons (Fsp3) is 0.217. The Labute approximate surface area is 226 Å². The fourth-order valence-corrected chi connectivity index (χ4v) is 5.15. The van der Waals surface area contributed by atoms with Gasteiger partial charge in [0.2, 0.25) is 0 Å². The van der Waals surface area contributed by atoms with E-state index in [1.807, 2.05) is 36.4 Å². The number of benzene rings is 2. The Kier molecular flexibility index (Phi) is 16.3. The summed E-state index contributed by atoms with van der Waals surface area (Å²) in [5.74, 6) is 0. The van der Waals surface area contributed by atoms with Crippen LogP contribution in [0.5, 0.6) is 0 Å². The molecular weight excluding hydrogens is 548 g/mol. The number of thiocarbonyl (C=S) groups is 2. The van der Waals surface area contributed by atoms with Gasteiger partial charge in [-0.25, -0.2) is 8.42 Å². The summed E-state index contributed by atoms with van der Waals surface area (Å²) in [6.07, 6.45) is 3.26. The molecule has 0 radical (unpaired) electrons. The van der Waals surface area contributed by atoms with Crippen LogP contribution in [0.1, 0.15) is 25.6 Å². The molecule has 0 bridgehead atoms. The molecule has 0 aliphatic heterocycles. The van der Waals surface area contributed by atoms with E-state index in [1.165, 1.54) is 11.1 Å². The molecule has 1 heterocycles. The van der Waals surface area contributed by atoms with E-state index in [1.54, 1.807) is 23.5 Å². The Balaban J connectivity index is 0. The first-order chi connectivity index (χ1) is 15.4. The van der Waals surface area contributed by atoms with Crippen molar-refractivity contribution in [3.05, 3.63) is 63.8 Å². The van der Waals surface area contributed by atoms with E-state index in [9.17, 15) is 8.42 Å². The van der Waals surface area contributed by atoms with Gasteiger partial charge in [-0.15, -0.1) is 11.3 Å². The molecule has 12 heteroatoms. The number of rotatable bonds is 5. The van der Waals surface area contributed by atoms with E-state index in [2.05, 4.69) is 48.2 Å². The van der Waals surface area contributed by atoms with Crippen LogP contribution >= 0.6 is 47.4 Å². The Morgan fingerprint density at radius 3 is 1.94 bits per heavy atom. The van der Waals surface area contributed by atoms with Gasteiger partial charge >= 0.3 is 0 Å². The summed E-state index contributed by atoms with van der Waals surface area (Å²) in [7, 11) is -3.31. The van der Waals surface area contributed by atoms with Crippen molar-refractivity contribution in [2.75, 3.05) is 6.26 Å². The smallest absolute Gasteiger partial charge is 0.251 e. The van der Waals surface area contributed by atoms with Gasteiger partial charge in [0, 0.05) is 32.8 Å². The van der Waals surface area contributed by atoms with Crippen molar-refractivity contribution in [1.29, 1.82) is 0 Å². The SMILES string of the molecule is C.CCCc1scc(-c2ccccc2S(C)(=O)=O)c1-c1ccc(Cl)cc1.NC(O)=S.NC(O)=S.O. The summed E-state index contributed by atoms with van der Waals surface area (Å²) in [5, 5.41) is 16.9. The quantitative estimate of drug-likeness (QED) is 0.290. The lowest BCUT2D eigenvalue weighted by atomic mass is 9.95. The van der Waals surface area contributed by atoms with Gasteiger partial charge in [0.05, 0.1) is 4.90 Å². The second-order valence-electron chi connectivity index (χ2n) is 6.65. The number of aryl methyl sites for hydroxylation is 1. The molecule has 0 saturated heterocycles. The largest absolute Gasteiger partial charge is 0.487 e. The van der Waals surface area contributed by atoms with Crippen LogP contribution in [-0.2, 0) is 16.3 Å². The summed E-state index contributed by atoms with van der Waals surface area (Å²) in [6.45, 7) is 2.15. The van der Waals surface area contributed by atoms with Crippen LogP contribution < -0.4 is 11.5 Å². The molecule has 1 aromatic heterocycles. The molecule has 3 aromatic rings. The van der Waals surface area contributed by atoms with Gasteiger partial charge in [0.25, 0.3) is 10.3 Å². The third-order valence-electron chi connectivity index (χ3n) is 4.05. The third-order valence-corrected chi connectivity index (χ3v) is 6.51. The molecule has 8 N–H and O–H groups in total. The first-order valence-corrected chi connectivity index (χ1v) is 13.5. The Morgan fingerprint density at radius 1 is 1.00 bits per heavy atom. The molecule has 0 saturated carbocycles. The maximum absolute atomic E-state index is 12.2. The van der Waals surface area contributed by atoms with Crippen LogP contribution in [-0.4, -0.2) is 40.7 Å². The maximum Gasteiger partial charge on any atom is 0.251 e. The highest BCUT2D eigenvalue weighted by atomic mass is 35.5. The van der Waals surface area contributed by atoms with Crippen LogP contribution in [0.25, 0.3) is 22.3 Å². The van der Waals surface area contributed by atoms with Crippen molar-refractivity contribution < 1.29 is 24.1 Å². The molecule has 2 aromatic carbocycles. The molecule has 0 aliphatic carbocycles. The molecular formula is C23H31ClN2O5S4. The molecule has 194 valence electrons. The molecule has 35 heavy (non-hydrogen) atoms. The Hall–Kier alpha value is -2.28. The number of sulfone groups is 1. The summed E-state index contributed by atoms with van der Waals surface area (Å²) in [6, 6.07) is 14.9. The van der Waals surface area contributed by atoms with Gasteiger partial charge in [0.15, 0.2) is 9.84 Å². The molecule has 0 unspecified atom stereocenters. The summed E-state index contributed by atoms with van der Waals surface area (Å²) < 4.78 is 24.5. The monoisotopic (exact) mass is 578 g/mol. The molecule has 0 spiro atoms. The molecule has 3 rings (SSSR count). The van der Waals surface area contributed by atoms with Gasteiger partial charge in [-0.1, -0.05) is 62.7 Å². The van der Waals surface area contributed by atoms with E-state index in [-0.39, 0.29) is 12.9 Å². The van der Waals surface area contributed by atoms with Crippen molar-refractivity contribution in [3.63, 3.8) is 0 Å². The third kappa shape index (κ3) is 11.8. The number of nitrogens with two attached hydrogens (primary N) is 2. The predicted octanol–water partition coefficient (Wildman–Crippen LogP) is 5.48. The molecule has 0 aliphatic rings. The molecule has 0 atom stereocenters. The Morgan fingerprint density at radius 2 is 1.49 bits per heavy atom. The van der Waals surface area contributed by atoms with Crippen molar-refractivity contribution in [3.8, 4) is 22.3 Å². The minimum absolute atomic E-state index is 0. The first kappa shape index (κ1) is 34.9. The highest BCUT2D eigenvalue weighted by Crippen LogP contribution is 2.42. The number of hydrogen-bond acceptors (Lipinski definition) is 5. The second kappa shape index (κ2) is 16.4. The standard InChI is InChI=1S/C20H19ClO2S2.2CH3NOS.CH4.H2O/c1-3-6-18-20(14-9-11-15(21)12-10-14)17(13-24-18)16-7-4-5-8-19(16)25(2,22)23;2*2-1(3)4;;/h4-5,7-13H,3,6H2,1-2H3;2*(H3,2,3,4);1H4;1H2. The highest BCUT2D eigenvalue weighted by molar-refractivity contribution is 7.90. The van der Waals surface area contributed by atoms with Gasteiger partial charge in [-0.05, 0) is 60.0 Å². The van der Waals surface area contributed by atoms with Crippen LogP contribution in [0, 0.1) is 0 Å². The minimum Gasteiger partial charge on any atom is -0.487 e. The summed E-state index contributed by atoms with van der Waals surface area (Å²) in [4.78, 5) is 1.63. The second-order valence-corrected chi connectivity index (χ2v) is 10.9. The van der Waals surface area contributed by atoms with Gasteiger partial charge in [-0.2, -0.15) is 0 Å². The number of aliphatic hydroxyl groups excluding tert-OH is 2. The van der Waals surface area contributed by atoms with Crippen molar-refractivity contribution in [2.45, 2.75) is 32.1 Å². The molecule has 7 nitrogen and oxygen atoms in total. The normalized spacial score (nSPS) is 9.69. The fourth-order valence-electron chi connectivity index (χ4n) is 2.95. The van der Waals surface area contributed by atoms with E-state index in [0.29, 0.717) is 9.92 Å². The summed E-state index contributed by atoms with van der Waals surface area (Å²) >= 11 is 15.5. The minimum atomic E-state index is -3.31. The first-order valence-electron chi connectivity index (χ1n) is 9.51. The van der Waals surface area contributed by atoms with Crippen LogP contribution in [0.3, 0.4) is 0 Å². The number of hydrogen-bond donors (Lipinski definition) is 4. The molecule has 0 amide bonds. The average Bonchev–Trinajstić information content (AvgIpc) is 3.11. The van der Waals surface area contributed by atoms with Crippen LogP contribution in [0.2, 0.25) is 5.02 Å². The zero-order chi connectivity index (χ0) is 25.2. The lowest BCUT2D eigenvalue weighted by Crippen LogP contribution is -2.03. The average molecular weight is 579 g/mol. The van der Waals surface area contributed by atoms with Crippen molar-refractivity contribution >= 4 is 67.6 Å². The number of aliphatic hydroxyl groups is 2. The highest BCUT2D eigenvalue weighted by Gasteiger charge is 2.20. The van der Waals surface area contributed by atoms with Crippen LogP contribution in [0.15, 0.2) is 58.8 Å². The number of thiophene rings is 1. The van der Waals surface area contributed by atoms with Gasteiger partial charge < -0.3 is 27.2 Å².